The monoisotopic (exact) mass is 434 g/mol. The van der Waals surface area contributed by atoms with Crippen LogP contribution in [0.15, 0.2) is 103 Å². The van der Waals surface area contributed by atoms with Gasteiger partial charge < -0.3 is 5.11 Å². The van der Waals surface area contributed by atoms with Crippen LogP contribution in [0.4, 0.5) is 0 Å². The first-order valence-corrected chi connectivity index (χ1v) is 10.2. The molecule has 33 heavy (non-hydrogen) atoms. The van der Waals surface area contributed by atoms with Gasteiger partial charge in [0.25, 0.3) is 0 Å². The van der Waals surface area contributed by atoms with Crippen molar-refractivity contribution in [3.05, 3.63) is 142 Å². The molecule has 5 heteroatoms. The van der Waals surface area contributed by atoms with E-state index in [4.69, 9.17) is 0 Å². The lowest BCUT2D eigenvalue weighted by Gasteiger charge is -2.15. The highest BCUT2D eigenvalue weighted by atomic mass is 16.4. The first-order chi connectivity index (χ1) is 16.0. The van der Waals surface area contributed by atoms with Crippen LogP contribution in [0.5, 0.6) is 0 Å². The minimum atomic E-state index is -1.31. The summed E-state index contributed by atoms with van der Waals surface area (Å²) in [6.45, 7) is 0. The number of carboxylic acids is 1. The third-order valence-corrected chi connectivity index (χ3v) is 5.21. The van der Waals surface area contributed by atoms with Gasteiger partial charge in [-0.1, -0.05) is 91.0 Å². The summed E-state index contributed by atoms with van der Waals surface area (Å²) >= 11 is 0. The molecular weight excluding hydrogens is 416 g/mol. The second-order valence-corrected chi connectivity index (χ2v) is 7.34. The van der Waals surface area contributed by atoms with Gasteiger partial charge in [0.1, 0.15) is 0 Å². The van der Waals surface area contributed by atoms with Crippen LogP contribution in [0.25, 0.3) is 0 Å². The molecule has 4 aromatic rings. The van der Waals surface area contributed by atoms with E-state index in [9.17, 15) is 24.3 Å². The molecule has 5 nitrogen and oxygen atoms in total. The van der Waals surface area contributed by atoms with Crippen LogP contribution in [0.1, 0.15) is 58.1 Å². The number of carbonyl (C=O) groups is 4. The van der Waals surface area contributed by atoms with Crippen molar-refractivity contribution in [2.24, 2.45) is 0 Å². The predicted molar refractivity (Wildman–Crippen MR) is 123 cm³/mol. The average Bonchev–Trinajstić information content (AvgIpc) is 2.88. The summed E-state index contributed by atoms with van der Waals surface area (Å²) in [5.41, 5.74) is 0.209. The Morgan fingerprint density at radius 2 is 0.788 bits per heavy atom. The Morgan fingerprint density at radius 1 is 0.455 bits per heavy atom. The molecule has 0 radical (unpaired) electrons. The molecule has 0 spiro atoms. The predicted octanol–water partition coefficient (Wildman–Crippen LogP) is 5.08. The number of carboxylic acid groups (broad SMARTS) is 1. The molecule has 4 rings (SSSR count). The number of aromatic carboxylic acids is 1. The van der Waals surface area contributed by atoms with E-state index in [1.54, 1.807) is 91.0 Å². The zero-order valence-electron chi connectivity index (χ0n) is 17.4. The second-order valence-electron chi connectivity index (χ2n) is 7.34. The quantitative estimate of drug-likeness (QED) is 0.410. The summed E-state index contributed by atoms with van der Waals surface area (Å²) in [6.07, 6.45) is 0. The fourth-order valence-electron chi connectivity index (χ4n) is 3.59. The van der Waals surface area contributed by atoms with Crippen molar-refractivity contribution in [3.63, 3.8) is 0 Å². The molecule has 160 valence electrons. The molecular formula is C28H18O5. The maximum absolute atomic E-state index is 13.6. The van der Waals surface area contributed by atoms with E-state index in [1.807, 2.05) is 0 Å². The number of hydrogen-bond donors (Lipinski definition) is 1. The topological polar surface area (TPSA) is 88.5 Å². The Kier molecular flexibility index (Phi) is 6.04. The van der Waals surface area contributed by atoms with Crippen LogP contribution in [-0.2, 0) is 0 Å². The fraction of sp³-hybridized carbons (Fsp3) is 0. The smallest absolute Gasteiger partial charge is 0.335 e. The minimum absolute atomic E-state index is 0.117. The molecule has 0 unspecified atom stereocenters. The van der Waals surface area contributed by atoms with E-state index < -0.39 is 23.3 Å². The van der Waals surface area contributed by atoms with E-state index in [-0.39, 0.29) is 38.9 Å². The maximum Gasteiger partial charge on any atom is 0.335 e. The number of carbonyl (C=O) groups excluding carboxylic acids is 3. The third kappa shape index (κ3) is 4.38. The van der Waals surface area contributed by atoms with E-state index >= 15 is 0 Å². The van der Waals surface area contributed by atoms with Crippen LogP contribution in [0.2, 0.25) is 0 Å². The Bertz CT molecular complexity index is 1290. The summed E-state index contributed by atoms with van der Waals surface area (Å²) in [5.74, 6) is -2.93. The van der Waals surface area contributed by atoms with E-state index in [0.717, 1.165) is 12.1 Å². The molecule has 0 amide bonds. The van der Waals surface area contributed by atoms with Crippen molar-refractivity contribution in [2.75, 3.05) is 0 Å². The summed E-state index contributed by atoms with van der Waals surface area (Å²) < 4.78 is 0. The molecule has 0 fully saturated rings. The van der Waals surface area contributed by atoms with Gasteiger partial charge in [-0.3, -0.25) is 14.4 Å². The van der Waals surface area contributed by atoms with Gasteiger partial charge >= 0.3 is 5.97 Å². The zero-order valence-corrected chi connectivity index (χ0v) is 17.4. The first-order valence-electron chi connectivity index (χ1n) is 10.2. The Balaban J connectivity index is 2.02. The van der Waals surface area contributed by atoms with E-state index in [1.165, 1.54) is 0 Å². The molecule has 0 bridgehead atoms. The van der Waals surface area contributed by atoms with Crippen molar-refractivity contribution in [1.82, 2.24) is 0 Å². The number of rotatable bonds is 7. The summed E-state index contributed by atoms with van der Waals surface area (Å²) in [4.78, 5) is 52.3. The van der Waals surface area contributed by atoms with Gasteiger partial charge in [-0.2, -0.15) is 0 Å². The Morgan fingerprint density at radius 3 is 1.12 bits per heavy atom. The molecule has 4 aromatic carbocycles. The third-order valence-electron chi connectivity index (χ3n) is 5.21. The summed E-state index contributed by atoms with van der Waals surface area (Å²) in [7, 11) is 0. The van der Waals surface area contributed by atoms with E-state index in [0.29, 0.717) is 0 Å². The largest absolute Gasteiger partial charge is 0.478 e. The Labute approximate surface area is 190 Å². The standard InChI is InChI=1S/C28H18O5/c29-25(18-10-4-1-5-11-18)22-16-21(28(32)33)17-23(26(30)19-12-6-2-7-13-19)24(22)27(31)20-14-8-3-9-15-20/h1-17H,(H,32,33). The Hall–Kier alpha value is -4.64. The normalized spacial score (nSPS) is 10.4. The lowest BCUT2D eigenvalue weighted by molar-refractivity contribution is 0.0696. The SMILES string of the molecule is O=C(O)c1cc(C(=O)c2ccccc2)c(C(=O)c2ccccc2)c(C(=O)c2ccccc2)c1. The van der Waals surface area contributed by atoms with Gasteiger partial charge in [-0.15, -0.1) is 0 Å². The highest BCUT2D eigenvalue weighted by molar-refractivity contribution is 6.26. The first kappa shape index (κ1) is 21.6. The molecule has 0 saturated carbocycles. The summed E-state index contributed by atoms with van der Waals surface area (Å²) in [5, 5.41) is 9.68. The van der Waals surface area contributed by atoms with Gasteiger partial charge in [-0.05, 0) is 12.1 Å². The van der Waals surface area contributed by atoms with Gasteiger partial charge in [0.05, 0.1) is 5.56 Å². The molecule has 0 heterocycles. The van der Waals surface area contributed by atoms with Crippen molar-refractivity contribution >= 4 is 23.3 Å². The molecule has 0 aliphatic rings. The van der Waals surface area contributed by atoms with E-state index in [2.05, 4.69) is 0 Å². The highest BCUT2D eigenvalue weighted by Crippen LogP contribution is 2.27. The van der Waals surface area contributed by atoms with Crippen LogP contribution in [-0.4, -0.2) is 28.4 Å². The fourth-order valence-corrected chi connectivity index (χ4v) is 3.59. The van der Waals surface area contributed by atoms with Gasteiger partial charge in [-0.25, -0.2) is 4.79 Å². The van der Waals surface area contributed by atoms with Gasteiger partial charge in [0, 0.05) is 33.4 Å². The number of hydrogen-bond acceptors (Lipinski definition) is 4. The highest BCUT2D eigenvalue weighted by Gasteiger charge is 2.28. The van der Waals surface area contributed by atoms with Crippen LogP contribution >= 0.6 is 0 Å². The number of benzene rings is 4. The molecule has 0 saturated heterocycles. The van der Waals surface area contributed by atoms with Crippen molar-refractivity contribution in [2.45, 2.75) is 0 Å². The minimum Gasteiger partial charge on any atom is -0.478 e. The molecule has 0 aromatic heterocycles. The number of ketones is 3. The summed E-state index contributed by atoms with van der Waals surface area (Å²) in [6, 6.07) is 27.1. The molecule has 0 atom stereocenters. The molecule has 1 N–H and O–H groups in total. The van der Waals surface area contributed by atoms with Crippen molar-refractivity contribution in [1.29, 1.82) is 0 Å². The second kappa shape index (κ2) is 9.24. The molecule has 0 aliphatic carbocycles. The average molecular weight is 434 g/mol. The lowest BCUT2D eigenvalue weighted by Crippen LogP contribution is -2.19. The van der Waals surface area contributed by atoms with Crippen molar-refractivity contribution in [3.8, 4) is 0 Å². The zero-order chi connectivity index (χ0) is 23.4. The van der Waals surface area contributed by atoms with Crippen LogP contribution in [0, 0.1) is 0 Å². The van der Waals surface area contributed by atoms with Gasteiger partial charge in [0.2, 0.25) is 0 Å². The van der Waals surface area contributed by atoms with Crippen LogP contribution in [0.3, 0.4) is 0 Å². The van der Waals surface area contributed by atoms with Crippen molar-refractivity contribution < 1.29 is 24.3 Å². The van der Waals surface area contributed by atoms with Gasteiger partial charge in [0.15, 0.2) is 17.3 Å². The lowest BCUT2D eigenvalue weighted by atomic mass is 9.85. The van der Waals surface area contributed by atoms with Crippen LogP contribution < -0.4 is 0 Å². The maximum atomic E-state index is 13.6. The molecule has 0 aliphatic heterocycles.